The maximum Gasteiger partial charge on any atom is 0.311 e. The number of halogens is 1. The van der Waals surface area contributed by atoms with E-state index in [4.69, 9.17) is 5.11 Å². The smallest absolute Gasteiger partial charge is 0.311 e. The number of carboxylic acids is 1. The van der Waals surface area contributed by atoms with E-state index in [1.165, 1.54) is 18.2 Å². The average molecular weight is 222 g/mol. The summed E-state index contributed by atoms with van der Waals surface area (Å²) in [5.74, 6) is -1.51. The first kappa shape index (κ1) is 10.2. The van der Waals surface area contributed by atoms with E-state index in [-0.39, 0.29) is 17.9 Å². The number of tetrazole rings is 1. The van der Waals surface area contributed by atoms with Crippen molar-refractivity contribution in [1.29, 1.82) is 0 Å². The quantitative estimate of drug-likeness (QED) is 0.814. The molecule has 0 fully saturated rings. The van der Waals surface area contributed by atoms with E-state index in [2.05, 4.69) is 15.5 Å². The number of carbonyl (C=O) groups is 1. The van der Waals surface area contributed by atoms with Crippen molar-refractivity contribution in [3.05, 3.63) is 35.9 Å². The van der Waals surface area contributed by atoms with Gasteiger partial charge in [-0.25, -0.2) is 4.39 Å². The SMILES string of the molecule is O=C(O)Cc1nnnn1-c1ccccc1F. The van der Waals surface area contributed by atoms with Gasteiger partial charge in [0.25, 0.3) is 0 Å². The normalized spacial score (nSPS) is 10.3. The molecule has 82 valence electrons. The second kappa shape index (κ2) is 4.05. The van der Waals surface area contributed by atoms with Crippen molar-refractivity contribution >= 4 is 5.97 Å². The first-order valence-electron chi connectivity index (χ1n) is 4.42. The van der Waals surface area contributed by atoms with Crippen LogP contribution in [-0.2, 0) is 11.2 Å². The van der Waals surface area contributed by atoms with Crippen LogP contribution in [0.2, 0.25) is 0 Å². The summed E-state index contributed by atoms with van der Waals surface area (Å²) in [5, 5.41) is 19.0. The first-order valence-corrected chi connectivity index (χ1v) is 4.42. The number of benzene rings is 1. The van der Waals surface area contributed by atoms with Gasteiger partial charge >= 0.3 is 5.97 Å². The third-order valence-corrected chi connectivity index (χ3v) is 1.92. The van der Waals surface area contributed by atoms with Gasteiger partial charge in [-0.1, -0.05) is 12.1 Å². The minimum Gasteiger partial charge on any atom is -0.481 e. The van der Waals surface area contributed by atoms with Crippen molar-refractivity contribution in [3.8, 4) is 5.69 Å². The Morgan fingerprint density at radius 1 is 1.44 bits per heavy atom. The third-order valence-electron chi connectivity index (χ3n) is 1.92. The molecule has 0 aliphatic heterocycles. The summed E-state index contributed by atoms with van der Waals surface area (Å²) in [6.07, 6.45) is -0.360. The number of para-hydroxylation sites is 1. The monoisotopic (exact) mass is 222 g/mol. The number of nitrogens with zero attached hydrogens (tertiary/aromatic N) is 4. The van der Waals surface area contributed by atoms with Gasteiger partial charge in [-0.15, -0.1) is 5.10 Å². The van der Waals surface area contributed by atoms with Crippen LogP contribution in [0.4, 0.5) is 4.39 Å². The Kier molecular flexibility index (Phi) is 2.59. The minimum atomic E-state index is -1.08. The fraction of sp³-hybridized carbons (Fsp3) is 0.111. The van der Waals surface area contributed by atoms with Crippen LogP contribution in [0.3, 0.4) is 0 Å². The second-order valence-electron chi connectivity index (χ2n) is 3.03. The average Bonchev–Trinajstić information content (AvgIpc) is 2.66. The van der Waals surface area contributed by atoms with Gasteiger partial charge in [-0.05, 0) is 22.6 Å². The van der Waals surface area contributed by atoms with E-state index in [1.54, 1.807) is 6.07 Å². The maximum atomic E-state index is 13.4. The summed E-state index contributed by atoms with van der Waals surface area (Å²) in [4.78, 5) is 10.5. The number of hydrogen-bond donors (Lipinski definition) is 1. The molecule has 1 heterocycles. The predicted molar refractivity (Wildman–Crippen MR) is 50.5 cm³/mol. The molecule has 0 radical (unpaired) electrons. The maximum absolute atomic E-state index is 13.4. The summed E-state index contributed by atoms with van der Waals surface area (Å²) in [7, 11) is 0. The molecule has 2 rings (SSSR count). The minimum absolute atomic E-state index is 0.0811. The van der Waals surface area contributed by atoms with Gasteiger partial charge in [0.15, 0.2) is 5.82 Å². The zero-order chi connectivity index (χ0) is 11.5. The first-order chi connectivity index (χ1) is 7.68. The number of hydrogen-bond acceptors (Lipinski definition) is 4. The lowest BCUT2D eigenvalue weighted by molar-refractivity contribution is -0.136. The highest BCUT2D eigenvalue weighted by molar-refractivity contribution is 5.69. The van der Waals surface area contributed by atoms with Gasteiger partial charge in [-0.2, -0.15) is 4.68 Å². The molecule has 0 aliphatic rings. The molecule has 16 heavy (non-hydrogen) atoms. The van der Waals surface area contributed by atoms with E-state index in [1.807, 2.05) is 0 Å². The van der Waals surface area contributed by atoms with Crippen molar-refractivity contribution in [2.75, 3.05) is 0 Å². The second-order valence-corrected chi connectivity index (χ2v) is 3.03. The molecule has 0 bridgehead atoms. The van der Waals surface area contributed by atoms with Crippen molar-refractivity contribution in [3.63, 3.8) is 0 Å². The van der Waals surface area contributed by atoms with Crippen molar-refractivity contribution in [2.24, 2.45) is 0 Å². The van der Waals surface area contributed by atoms with Crippen LogP contribution in [0.5, 0.6) is 0 Å². The standard InChI is InChI=1S/C9H7FN4O2/c10-6-3-1-2-4-7(6)14-8(5-9(15)16)11-12-13-14/h1-4H,5H2,(H,15,16). The van der Waals surface area contributed by atoms with E-state index in [0.29, 0.717) is 0 Å². The Labute approximate surface area is 89.3 Å². The third kappa shape index (κ3) is 1.88. The molecule has 7 heteroatoms. The summed E-state index contributed by atoms with van der Waals surface area (Å²) < 4.78 is 14.5. The number of aromatic nitrogens is 4. The molecule has 1 aromatic carbocycles. The molecule has 6 nitrogen and oxygen atoms in total. The Morgan fingerprint density at radius 2 is 2.19 bits per heavy atom. The van der Waals surface area contributed by atoms with E-state index in [0.717, 1.165) is 4.68 Å². The van der Waals surface area contributed by atoms with Crippen molar-refractivity contribution in [2.45, 2.75) is 6.42 Å². The highest BCUT2D eigenvalue weighted by Gasteiger charge is 2.14. The molecule has 2 aromatic rings. The van der Waals surface area contributed by atoms with Crippen LogP contribution >= 0.6 is 0 Å². The summed E-state index contributed by atoms with van der Waals surface area (Å²) in [5.41, 5.74) is 0.128. The van der Waals surface area contributed by atoms with Crippen LogP contribution in [0.15, 0.2) is 24.3 Å². The zero-order valence-corrected chi connectivity index (χ0v) is 8.04. The molecular formula is C9H7FN4O2. The van der Waals surface area contributed by atoms with Gasteiger partial charge in [0.2, 0.25) is 0 Å². The van der Waals surface area contributed by atoms with Gasteiger partial charge in [0.05, 0.1) is 0 Å². The summed E-state index contributed by atoms with van der Waals surface area (Å²) in [6.45, 7) is 0. The molecule has 1 N–H and O–H groups in total. The van der Waals surface area contributed by atoms with Gasteiger partial charge in [0, 0.05) is 0 Å². The summed E-state index contributed by atoms with van der Waals surface area (Å²) >= 11 is 0. The van der Waals surface area contributed by atoms with E-state index in [9.17, 15) is 9.18 Å². The topological polar surface area (TPSA) is 80.9 Å². The van der Waals surface area contributed by atoms with Gasteiger partial charge in [-0.3, -0.25) is 4.79 Å². The van der Waals surface area contributed by atoms with Crippen molar-refractivity contribution in [1.82, 2.24) is 20.2 Å². The van der Waals surface area contributed by atoms with Crippen LogP contribution in [0.1, 0.15) is 5.82 Å². The highest BCUT2D eigenvalue weighted by atomic mass is 19.1. The Hall–Kier alpha value is -2.31. The summed E-state index contributed by atoms with van der Waals surface area (Å²) in [6, 6.07) is 5.86. The molecule has 1 aromatic heterocycles. The molecule has 0 amide bonds. The van der Waals surface area contributed by atoms with Crippen LogP contribution in [0, 0.1) is 5.82 Å². The van der Waals surface area contributed by atoms with Gasteiger partial charge in [0.1, 0.15) is 17.9 Å². The molecule has 0 aliphatic carbocycles. The Bertz CT molecular complexity index is 526. The molecular weight excluding hydrogens is 215 g/mol. The highest BCUT2D eigenvalue weighted by Crippen LogP contribution is 2.12. The van der Waals surface area contributed by atoms with E-state index >= 15 is 0 Å². The lowest BCUT2D eigenvalue weighted by Crippen LogP contribution is -2.10. The van der Waals surface area contributed by atoms with Crippen LogP contribution in [-0.4, -0.2) is 31.3 Å². The lowest BCUT2D eigenvalue weighted by atomic mass is 10.3. The number of aliphatic carboxylic acids is 1. The van der Waals surface area contributed by atoms with Crippen LogP contribution in [0.25, 0.3) is 5.69 Å². The fourth-order valence-corrected chi connectivity index (χ4v) is 1.26. The van der Waals surface area contributed by atoms with Crippen LogP contribution < -0.4 is 0 Å². The Balaban J connectivity index is 2.45. The molecule has 0 atom stereocenters. The molecule has 0 saturated heterocycles. The predicted octanol–water partition coefficient (Wildman–Crippen LogP) is 0.428. The molecule has 0 spiro atoms. The Morgan fingerprint density at radius 3 is 2.88 bits per heavy atom. The number of rotatable bonds is 3. The molecule has 0 saturated carbocycles. The zero-order valence-electron chi connectivity index (χ0n) is 8.04. The van der Waals surface area contributed by atoms with Gasteiger partial charge < -0.3 is 5.11 Å². The molecule has 0 unspecified atom stereocenters. The number of carboxylic acid groups (broad SMARTS) is 1. The fourth-order valence-electron chi connectivity index (χ4n) is 1.26. The lowest BCUT2D eigenvalue weighted by Gasteiger charge is -2.03. The van der Waals surface area contributed by atoms with E-state index < -0.39 is 11.8 Å². The largest absolute Gasteiger partial charge is 0.481 e. The van der Waals surface area contributed by atoms with Crippen molar-refractivity contribution < 1.29 is 14.3 Å².